The smallest absolute Gasteiger partial charge is 0.137 e. The highest BCUT2D eigenvalue weighted by atomic mass is 16.3. The van der Waals surface area contributed by atoms with Crippen LogP contribution in [0.5, 0.6) is 0 Å². The maximum absolute atomic E-state index is 11.5. The van der Waals surface area contributed by atoms with Gasteiger partial charge in [-0.1, -0.05) is 13.8 Å². The molecule has 0 bridgehead atoms. The average Bonchev–Trinajstić information content (AvgIpc) is 2.66. The fraction of sp³-hybridized carbons (Fsp3) is 0.571. The Morgan fingerprint density at radius 3 is 1.71 bits per heavy atom. The molecule has 0 amide bonds. The van der Waals surface area contributed by atoms with Gasteiger partial charge in [-0.3, -0.25) is 9.59 Å². The molecular weight excluding hydrogens is 216 g/mol. The van der Waals surface area contributed by atoms with Crippen LogP contribution in [0.1, 0.15) is 50.7 Å². The Morgan fingerprint density at radius 2 is 1.35 bits per heavy atom. The summed E-state index contributed by atoms with van der Waals surface area (Å²) in [5, 5.41) is 0. The molecule has 1 rings (SSSR count). The molecule has 0 spiro atoms. The number of carbonyl (C=O) groups excluding carboxylic acids is 2. The van der Waals surface area contributed by atoms with E-state index >= 15 is 0 Å². The molecule has 0 aliphatic carbocycles. The summed E-state index contributed by atoms with van der Waals surface area (Å²) in [6.45, 7) is 3.97. The average molecular weight is 236 g/mol. The topological polar surface area (TPSA) is 47.3 Å². The van der Waals surface area contributed by atoms with Crippen LogP contribution in [0.3, 0.4) is 0 Å². The van der Waals surface area contributed by atoms with Gasteiger partial charge in [-0.2, -0.15) is 0 Å². The molecular formula is C14H20O3. The molecule has 0 saturated carbocycles. The maximum atomic E-state index is 11.5. The van der Waals surface area contributed by atoms with Crippen LogP contribution in [0.25, 0.3) is 0 Å². The van der Waals surface area contributed by atoms with Crippen molar-refractivity contribution < 1.29 is 14.0 Å². The van der Waals surface area contributed by atoms with Gasteiger partial charge in [0.15, 0.2) is 0 Å². The van der Waals surface area contributed by atoms with Crippen LogP contribution in [0.15, 0.2) is 16.9 Å². The van der Waals surface area contributed by atoms with Crippen molar-refractivity contribution in [2.45, 2.75) is 52.4 Å². The van der Waals surface area contributed by atoms with Crippen molar-refractivity contribution in [1.82, 2.24) is 0 Å². The fourth-order valence-corrected chi connectivity index (χ4v) is 1.82. The summed E-state index contributed by atoms with van der Waals surface area (Å²) in [5.41, 5.74) is 1.74. The largest absolute Gasteiger partial charge is 0.472 e. The minimum absolute atomic E-state index is 0.207. The van der Waals surface area contributed by atoms with Crippen molar-refractivity contribution in [1.29, 1.82) is 0 Å². The van der Waals surface area contributed by atoms with Gasteiger partial charge in [-0.15, -0.1) is 0 Å². The first kappa shape index (κ1) is 13.7. The van der Waals surface area contributed by atoms with E-state index in [-0.39, 0.29) is 11.6 Å². The second-order valence-corrected chi connectivity index (χ2v) is 4.35. The van der Waals surface area contributed by atoms with E-state index in [0.29, 0.717) is 25.7 Å². The van der Waals surface area contributed by atoms with Crippen molar-refractivity contribution in [2.75, 3.05) is 0 Å². The molecule has 0 saturated heterocycles. The number of hydrogen-bond acceptors (Lipinski definition) is 3. The molecule has 1 aromatic heterocycles. The first-order valence-electron chi connectivity index (χ1n) is 6.24. The highest BCUT2D eigenvalue weighted by Crippen LogP contribution is 2.14. The summed E-state index contributed by atoms with van der Waals surface area (Å²) < 4.78 is 5.10. The third-order valence-corrected chi connectivity index (χ3v) is 2.67. The number of hydrogen-bond donors (Lipinski definition) is 0. The van der Waals surface area contributed by atoms with Crippen LogP contribution in [0, 0.1) is 0 Å². The van der Waals surface area contributed by atoms with E-state index < -0.39 is 0 Å². The monoisotopic (exact) mass is 236 g/mol. The standard InChI is InChI=1S/C14H20O3/c1-3-5-13(15)7-11-9-17-10-12(11)8-14(16)6-4-2/h9-10H,3-8H2,1-2H3. The van der Waals surface area contributed by atoms with Crippen LogP contribution in [-0.4, -0.2) is 11.6 Å². The lowest BCUT2D eigenvalue weighted by molar-refractivity contribution is -0.119. The van der Waals surface area contributed by atoms with Gasteiger partial charge in [0, 0.05) is 36.8 Å². The van der Waals surface area contributed by atoms with Crippen molar-refractivity contribution in [3.8, 4) is 0 Å². The third kappa shape index (κ3) is 4.55. The summed E-state index contributed by atoms with van der Waals surface area (Å²) in [4.78, 5) is 23.1. The van der Waals surface area contributed by atoms with Crippen LogP contribution in [0.4, 0.5) is 0 Å². The van der Waals surface area contributed by atoms with Crippen LogP contribution >= 0.6 is 0 Å². The zero-order chi connectivity index (χ0) is 12.7. The highest BCUT2D eigenvalue weighted by Gasteiger charge is 2.12. The van der Waals surface area contributed by atoms with Gasteiger partial charge < -0.3 is 4.42 Å². The Kier molecular flexibility index (Phi) is 5.67. The highest BCUT2D eigenvalue weighted by molar-refractivity contribution is 5.83. The lowest BCUT2D eigenvalue weighted by Gasteiger charge is -2.01. The lowest BCUT2D eigenvalue weighted by atomic mass is 10.0. The summed E-state index contributed by atoms with van der Waals surface area (Å²) in [7, 11) is 0. The molecule has 3 nitrogen and oxygen atoms in total. The van der Waals surface area contributed by atoms with Crippen molar-refractivity contribution in [3.05, 3.63) is 23.7 Å². The Hall–Kier alpha value is -1.38. The summed E-state index contributed by atoms with van der Waals surface area (Å²) in [6, 6.07) is 0. The normalized spacial score (nSPS) is 10.5. The predicted molar refractivity (Wildman–Crippen MR) is 65.9 cm³/mol. The molecule has 0 atom stereocenters. The Labute approximate surface area is 102 Å². The van der Waals surface area contributed by atoms with E-state index in [9.17, 15) is 9.59 Å². The zero-order valence-corrected chi connectivity index (χ0v) is 10.6. The Balaban J connectivity index is 2.59. The molecule has 0 fully saturated rings. The molecule has 0 unspecified atom stereocenters. The van der Waals surface area contributed by atoms with E-state index in [1.807, 2.05) is 13.8 Å². The van der Waals surface area contributed by atoms with Crippen LogP contribution in [0.2, 0.25) is 0 Å². The summed E-state index contributed by atoms with van der Waals surface area (Å²) >= 11 is 0. The molecule has 17 heavy (non-hydrogen) atoms. The molecule has 1 aromatic rings. The minimum atomic E-state index is 0.207. The van der Waals surface area contributed by atoms with Crippen LogP contribution < -0.4 is 0 Å². The van der Waals surface area contributed by atoms with E-state index in [0.717, 1.165) is 24.0 Å². The second-order valence-electron chi connectivity index (χ2n) is 4.35. The molecule has 0 radical (unpaired) electrons. The lowest BCUT2D eigenvalue weighted by Crippen LogP contribution is -2.06. The molecule has 0 aliphatic rings. The van der Waals surface area contributed by atoms with Gasteiger partial charge in [-0.25, -0.2) is 0 Å². The molecule has 0 aromatic carbocycles. The third-order valence-electron chi connectivity index (χ3n) is 2.67. The molecule has 0 N–H and O–H groups in total. The quantitative estimate of drug-likeness (QED) is 0.696. The molecule has 0 aliphatic heterocycles. The zero-order valence-electron chi connectivity index (χ0n) is 10.6. The molecule has 3 heteroatoms. The van der Waals surface area contributed by atoms with Crippen molar-refractivity contribution in [3.63, 3.8) is 0 Å². The van der Waals surface area contributed by atoms with E-state index in [1.54, 1.807) is 12.5 Å². The number of carbonyl (C=O) groups is 2. The van der Waals surface area contributed by atoms with Gasteiger partial charge in [0.1, 0.15) is 11.6 Å². The molecule has 1 heterocycles. The van der Waals surface area contributed by atoms with Crippen molar-refractivity contribution in [2.24, 2.45) is 0 Å². The SMILES string of the molecule is CCCC(=O)Cc1cocc1CC(=O)CCC. The number of rotatable bonds is 8. The van der Waals surface area contributed by atoms with Gasteiger partial charge in [0.25, 0.3) is 0 Å². The summed E-state index contributed by atoms with van der Waals surface area (Å²) in [5.74, 6) is 0.413. The van der Waals surface area contributed by atoms with Gasteiger partial charge in [0.2, 0.25) is 0 Å². The van der Waals surface area contributed by atoms with Gasteiger partial charge in [-0.05, 0) is 12.8 Å². The first-order valence-corrected chi connectivity index (χ1v) is 6.24. The second kappa shape index (κ2) is 7.05. The Morgan fingerprint density at radius 1 is 0.941 bits per heavy atom. The van der Waals surface area contributed by atoms with Crippen molar-refractivity contribution >= 4 is 11.6 Å². The first-order chi connectivity index (χ1) is 8.17. The van der Waals surface area contributed by atoms with Gasteiger partial charge >= 0.3 is 0 Å². The summed E-state index contributed by atoms with van der Waals surface area (Å²) in [6.07, 6.45) is 6.85. The van der Waals surface area contributed by atoms with Gasteiger partial charge in [0.05, 0.1) is 12.5 Å². The Bertz CT molecular complexity index is 342. The van der Waals surface area contributed by atoms with E-state index in [2.05, 4.69) is 0 Å². The molecule has 94 valence electrons. The predicted octanol–water partition coefficient (Wildman–Crippen LogP) is 3.10. The number of furan rings is 1. The van der Waals surface area contributed by atoms with E-state index in [1.165, 1.54) is 0 Å². The number of Topliss-reactive ketones (excluding diaryl/α,β-unsaturated/α-hetero) is 2. The number of ketones is 2. The fourth-order valence-electron chi connectivity index (χ4n) is 1.82. The maximum Gasteiger partial charge on any atom is 0.137 e. The van der Waals surface area contributed by atoms with E-state index in [4.69, 9.17) is 4.42 Å². The van der Waals surface area contributed by atoms with Crippen LogP contribution in [-0.2, 0) is 22.4 Å². The minimum Gasteiger partial charge on any atom is -0.472 e.